The molecule has 2 unspecified atom stereocenters. The van der Waals surface area contributed by atoms with Gasteiger partial charge in [0.2, 0.25) is 5.91 Å². The number of rotatable bonds is 8. The first-order chi connectivity index (χ1) is 10.3. The maximum atomic E-state index is 12.9. The lowest BCUT2D eigenvalue weighted by molar-refractivity contribution is -0.138. The first-order valence-corrected chi connectivity index (χ1v) is 7.54. The number of carbonyl (C=O) groups excluding carboxylic acids is 1. The molecule has 1 amide bonds. The highest BCUT2D eigenvalue weighted by atomic mass is 19.1. The van der Waals surface area contributed by atoms with Crippen LogP contribution in [0.25, 0.3) is 0 Å². The average molecular weight is 309 g/mol. The number of hydrogen-bond acceptors (Lipinski definition) is 2. The normalized spacial score (nSPS) is 13.7. The predicted molar refractivity (Wildman–Crippen MR) is 83.0 cm³/mol. The summed E-state index contributed by atoms with van der Waals surface area (Å²) >= 11 is 0. The molecule has 0 aliphatic carbocycles. The fourth-order valence-corrected chi connectivity index (χ4v) is 2.54. The number of carbonyl (C=O) groups is 2. The minimum atomic E-state index is -1.04. The third-order valence-electron chi connectivity index (χ3n) is 3.48. The summed E-state index contributed by atoms with van der Waals surface area (Å²) in [6, 6.07) is 5.30. The van der Waals surface area contributed by atoms with E-state index in [-0.39, 0.29) is 18.4 Å². The summed E-state index contributed by atoms with van der Waals surface area (Å²) in [6.45, 7) is 6.22. The fourth-order valence-electron chi connectivity index (χ4n) is 2.54. The van der Waals surface area contributed by atoms with E-state index < -0.39 is 17.7 Å². The summed E-state index contributed by atoms with van der Waals surface area (Å²) in [5, 5.41) is 11.9. The van der Waals surface area contributed by atoms with Crippen molar-refractivity contribution >= 4 is 11.9 Å². The molecule has 122 valence electrons. The van der Waals surface area contributed by atoms with Crippen molar-refractivity contribution < 1.29 is 19.1 Å². The number of carboxylic acids is 1. The number of amides is 1. The summed E-state index contributed by atoms with van der Waals surface area (Å²) in [6.07, 6.45) is 1.33. The Morgan fingerprint density at radius 3 is 2.27 bits per heavy atom. The van der Waals surface area contributed by atoms with E-state index in [1.807, 2.05) is 6.92 Å². The zero-order valence-electron chi connectivity index (χ0n) is 13.3. The Hall–Kier alpha value is -1.91. The maximum Gasteiger partial charge on any atom is 0.312 e. The van der Waals surface area contributed by atoms with Gasteiger partial charge in [-0.25, -0.2) is 4.39 Å². The van der Waals surface area contributed by atoms with Gasteiger partial charge >= 0.3 is 5.97 Å². The van der Waals surface area contributed by atoms with Crippen molar-refractivity contribution in [3.8, 4) is 0 Å². The summed E-state index contributed by atoms with van der Waals surface area (Å²) in [5.74, 6) is -1.70. The van der Waals surface area contributed by atoms with Crippen LogP contribution < -0.4 is 5.32 Å². The SMILES string of the molecule is CC(C)CC(C)CC(=O)NCC(C(=O)O)c1ccc(F)cc1. The highest BCUT2D eigenvalue weighted by Gasteiger charge is 2.21. The van der Waals surface area contributed by atoms with E-state index in [4.69, 9.17) is 0 Å². The van der Waals surface area contributed by atoms with Crippen molar-refractivity contribution in [3.05, 3.63) is 35.6 Å². The van der Waals surface area contributed by atoms with Gasteiger partial charge < -0.3 is 10.4 Å². The highest BCUT2D eigenvalue weighted by molar-refractivity contribution is 5.79. The molecule has 22 heavy (non-hydrogen) atoms. The van der Waals surface area contributed by atoms with Gasteiger partial charge in [0.1, 0.15) is 5.82 Å². The molecule has 0 bridgehead atoms. The lowest BCUT2D eigenvalue weighted by Crippen LogP contribution is -2.32. The van der Waals surface area contributed by atoms with E-state index in [1.165, 1.54) is 24.3 Å². The van der Waals surface area contributed by atoms with Gasteiger partial charge in [-0.1, -0.05) is 32.9 Å². The number of nitrogens with one attached hydrogen (secondary N) is 1. The quantitative estimate of drug-likeness (QED) is 0.775. The summed E-state index contributed by atoms with van der Waals surface area (Å²) in [7, 11) is 0. The Balaban J connectivity index is 2.56. The Labute approximate surface area is 130 Å². The first-order valence-electron chi connectivity index (χ1n) is 7.54. The van der Waals surface area contributed by atoms with E-state index >= 15 is 0 Å². The lowest BCUT2D eigenvalue weighted by atomic mass is 9.95. The van der Waals surface area contributed by atoms with Gasteiger partial charge in [-0.3, -0.25) is 9.59 Å². The third-order valence-corrected chi connectivity index (χ3v) is 3.48. The van der Waals surface area contributed by atoms with Gasteiger partial charge in [-0.2, -0.15) is 0 Å². The van der Waals surface area contributed by atoms with Crippen LogP contribution in [-0.4, -0.2) is 23.5 Å². The minimum absolute atomic E-state index is 0.00813. The van der Waals surface area contributed by atoms with Crippen LogP contribution in [0, 0.1) is 17.7 Å². The van der Waals surface area contributed by atoms with Crippen LogP contribution in [0.2, 0.25) is 0 Å². The topological polar surface area (TPSA) is 66.4 Å². The van der Waals surface area contributed by atoms with E-state index in [0.717, 1.165) is 6.42 Å². The molecule has 0 aliphatic rings. The molecule has 2 atom stereocenters. The lowest BCUT2D eigenvalue weighted by Gasteiger charge is -2.16. The van der Waals surface area contributed by atoms with E-state index in [9.17, 15) is 19.1 Å². The predicted octanol–water partition coefficient (Wildman–Crippen LogP) is 3.18. The maximum absolute atomic E-state index is 12.9. The van der Waals surface area contributed by atoms with Gasteiger partial charge in [-0.05, 0) is 36.0 Å². The highest BCUT2D eigenvalue weighted by Crippen LogP contribution is 2.17. The molecule has 4 nitrogen and oxygen atoms in total. The molecule has 0 saturated carbocycles. The van der Waals surface area contributed by atoms with Crippen molar-refractivity contribution in [3.63, 3.8) is 0 Å². The molecule has 0 aromatic heterocycles. The Morgan fingerprint density at radius 2 is 1.77 bits per heavy atom. The standard InChI is InChI=1S/C17H24FNO3/c1-11(2)8-12(3)9-16(20)19-10-15(17(21)22)13-4-6-14(18)7-5-13/h4-7,11-12,15H,8-10H2,1-3H3,(H,19,20)(H,21,22). The minimum Gasteiger partial charge on any atom is -0.481 e. The molecule has 5 heteroatoms. The number of aliphatic carboxylic acids is 1. The largest absolute Gasteiger partial charge is 0.481 e. The monoisotopic (exact) mass is 309 g/mol. The number of hydrogen-bond donors (Lipinski definition) is 2. The Morgan fingerprint density at radius 1 is 1.18 bits per heavy atom. The Bertz CT molecular complexity index is 499. The van der Waals surface area contributed by atoms with Crippen molar-refractivity contribution in [2.75, 3.05) is 6.54 Å². The Kier molecular flexibility index (Phi) is 7.02. The molecule has 0 fully saturated rings. The van der Waals surface area contributed by atoms with Gasteiger partial charge in [0.25, 0.3) is 0 Å². The fraction of sp³-hybridized carbons (Fsp3) is 0.529. The van der Waals surface area contributed by atoms with Crippen molar-refractivity contribution in [2.24, 2.45) is 11.8 Å². The van der Waals surface area contributed by atoms with Crippen LogP contribution in [0.3, 0.4) is 0 Å². The van der Waals surface area contributed by atoms with Crippen LogP contribution >= 0.6 is 0 Å². The first kappa shape index (κ1) is 18.1. The molecular weight excluding hydrogens is 285 g/mol. The molecule has 1 aromatic carbocycles. The van der Waals surface area contributed by atoms with Crippen LogP contribution in [0.15, 0.2) is 24.3 Å². The van der Waals surface area contributed by atoms with E-state index in [2.05, 4.69) is 19.2 Å². The number of halogens is 1. The van der Waals surface area contributed by atoms with E-state index in [1.54, 1.807) is 0 Å². The van der Waals surface area contributed by atoms with Gasteiger partial charge in [0, 0.05) is 13.0 Å². The molecule has 1 rings (SSSR count). The molecular formula is C17H24FNO3. The van der Waals surface area contributed by atoms with Gasteiger partial charge in [-0.15, -0.1) is 0 Å². The second-order valence-electron chi connectivity index (χ2n) is 6.19. The van der Waals surface area contributed by atoms with E-state index in [0.29, 0.717) is 17.9 Å². The third kappa shape index (κ3) is 6.24. The molecule has 2 N–H and O–H groups in total. The summed E-state index contributed by atoms with van der Waals surface area (Å²) < 4.78 is 12.9. The van der Waals surface area contributed by atoms with Crippen molar-refractivity contribution in [1.29, 1.82) is 0 Å². The summed E-state index contributed by atoms with van der Waals surface area (Å²) in [5.41, 5.74) is 0.476. The molecule has 0 heterocycles. The van der Waals surface area contributed by atoms with Gasteiger partial charge in [0.15, 0.2) is 0 Å². The molecule has 0 aliphatic heterocycles. The van der Waals surface area contributed by atoms with Gasteiger partial charge in [0.05, 0.1) is 5.92 Å². The smallest absolute Gasteiger partial charge is 0.312 e. The second-order valence-corrected chi connectivity index (χ2v) is 6.19. The molecule has 0 saturated heterocycles. The van der Waals surface area contributed by atoms with Crippen LogP contribution in [0.1, 0.15) is 45.1 Å². The van der Waals surface area contributed by atoms with Crippen molar-refractivity contribution in [1.82, 2.24) is 5.32 Å². The average Bonchev–Trinajstić information content (AvgIpc) is 2.39. The molecule has 0 radical (unpaired) electrons. The van der Waals surface area contributed by atoms with Crippen LogP contribution in [0.4, 0.5) is 4.39 Å². The van der Waals surface area contributed by atoms with Crippen LogP contribution in [0.5, 0.6) is 0 Å². The summed E-state index contributed by atoms with van der Waals surface area (Å²) in [4.78, 5) is 23.2. The zero-order valence-corrected chi connectivity index (χ0v) is 13.3. The second kappa shape index (κ2) is 8.51. The molecule has 0 spiro atoms. The van der Waals surface area contributed by atoms with Crippen molar-refractivity contribution in [2.45, 2.75) is 39.5 Å². The number of benzene rings is 1. The zero-order chi connectivity index (χ0) is 16.7. The van der Waals surface area contributed by atoms with Crippen LogP contribution in [-0.2, 0) is 9.59 Å². The molecule has 1 aromatic rings. The number of carboxylic acid groups (broad SMARTS) is 1.